The van der Waals surface area contributed by atoms with E-state index >= 15 is 0 Å². The van der Waals surface area contributed by atoms with E-state index in [0.717, 1.165) is 25.3 Å². The van der Waals surface area contributed by atoms with Crippen LogP contribution in [0.25, 0.3) is 0 Å². The third-order valence-corrected chi connectivity index (χ3v) is 2.96. The van der Waals surface area contributed by atoms with Crippen molar-refractivity contribution in [3.05, 3.63) is 29.8 Å². The highest BCUT2D eigenvalue weighted by atomic mass is 19.3. The number of nitrogens with one attached hydrogen (secondary N) is 1. The van der Waals surface area contributed by atoms with E-state index in [1.165, 1.54) is 0 Å². The molecule has 1 aromatic carbocycles. The van der Waals surface area contributed by atoms with Gasteiger partial charge in [-0.2, -0.15) is 8.78 Å². The first-order valence-corrected chi connectivity index (χ1v) is 5.90. The summed E-state index contributed by atoms with van der Waals surface area (Å²) in [6.07, 6.45) is 0. The van der Waals surface area contributed by atoms with Crippen molar-refractivity contribution in [2.45, 2.75) is 20.1 Å². The molecule has 0 radical (unpaired) electrons. The van der Waals surface area contributed by atoms with Gasteiger partial charge in [0.15, 0.2) is 0 Å². The molecule has 0 aliphatic carbocycles. The van der Waals surface area contributed by atoms with E-state index in [2.05, 4.69) is 17.0 Å². The second-order valence-electron chi connectivity index (χ2n) is 4.89. The van der Waals surface area contributed by atoms with Gasteiger partial charge in [-0.3, -0.25) is 0 Å². The molecule has 1 aliphatic heterocycles. The molecule has 1 saturated heterocycles. The zero-order valence-corrected chi connectivity index (χ0v) is 10.3. The first-order chi connectivity index (χ1) is 8.59. The van der Waals surface area contributed by atoms with Crippen LogP contribution >= 0.6 is 0 Å². The Hall–Kier alpha value is -1.20. The van der Waals surface area contributed by atoms with Gasteiger partial charge in [0.05, 0.1) is 13.2 Å². The monoisotopic (exact) mass is 257 g/mol. The van der Waals surface area contributed by atoms with Crippen molar-refractivity contribution in [2.24, 2.45) is 5.41 Å². The van der Waals surface area contributed by atoms with Crippen LogP contribution in [-0.2, 0) is 11.3 Å². The van der Waals surface area contributed by atoms with Gasteiger partial charge < -0.3 is 14.8 Å². The molecule has 3 nitrogen and oxygen atoms in total. The van der Waals surface area contributed by atoms with Crippen molar-refractivity contribution in [2.75, 3.05) is 19.8 Å². The van der Waals surface area contributed by atoms with Gasteiger partial charge in [-0.25, -0.2) is 0 Å². The van der Waals surface area contributed by atoms with Gasteiger partial charge in [-0.05, 0) is 6.07 Å². The van der Waals surface area contributed by atoms with Crippen LogP contribution in [0.4, 0.5) is 8.78 Å². The SMILES string of the molecule is CC1(CNCc2ccccc2OC(F)F)COC1. The molecule has 1 heterocycles. The van der Waals surface area contributed by atoms with Gasteiger partial charge in [0.2, 0.25) is 0 Å². The second-order valence-corrected chi connectivity index (χ2v) is 4.89. The van der Waals surface area contributed by atoms with Gasteiger partial charge in [-0.15, -0.1) is 0 Å². The number of hydrogen-bond acceptors (Lipinski definition) is 3. The predicted octanol–water partition coefficient (Wildman–Crippen LogP) is 2.41. The highest BCUT2D eigenvalue weighted by Crippen LogP contribution is 2.26. The molecule has 0 saturated carbocycles. The zero-order valence-electron chi connectivity index (χ0n) is 10.3. The summed E-state index contributed by atoms with van der Waals surface area (Å²) in [5, 5.41) is 3.25. The largest absolute Gasteiger partial charge is 0.434 e. The van der Waals surface area contributed by atoms with Gasteiger partial charge >= 0.3 is 6.61 Å². The first-order valence-electron chi connectivity index (χ1n) is 5.90. The maximum Gasteiger partial charge on any atom is 0.387 e. The number of rotatable bonds is 6. The highest BCUT2D eigenvalue weighted by Gasteiger charge is 2.32. The lowest BCUT2D eigenvalue weighted by Crippen LogP contribution is -2.47. The molecular weight excluding hydrogens is 240 g/mol. The number of halogens is 2. The maximum atomic E-state index is 12.2. The van der Waals surface area contributed by atoms with E-state index < -0.39 is 6.61 Å². The third-order valence-electron chi connectivity index (χ3n) is 2.96. The van der Waals surface area contributed by atoms with E-state index in [4.69, 9.17) is 4.74 Å². The molecule has 5 heteroatoms. The molecule has 18 heavy (non-hydrogen) atoms. The molecule has 1 N–H and O–H groups in total. The molecule has 1 aliphatic rings. The Morgan fingerprint density at radius 3 is 2.72 bits per heavy atom. The number of para-hydroxylation sites is 1. The average Bonchev–Trinajstić information content (AvgIpc) is 2.28. The van der Waals surface area contributed by atoms with Crippen molar-refractivity contribution < 1.29 is 18.3 Å². The smallest absolute Gasteiger partial charge is 0.387 e. The Kier molecular flexibility index (Phi) is 4.14. The molecule has 2 rings (SSSR count). The molecule has 1 aromatic rings. The van der Waals surface area contributed by atoms with Gasteiger partial charge in [-0.1, -0.05) is 25.1 Å². The second kappa shape index (κ2) is 5.63. The van der Waals surface area contributed by atoms with Crippen LogP contribution in [0.2, 0.25) is 0 Å². The fraction of sp³-hybridized carbons (Fsp3) is 0.538. The zero-order chi connectivity index (χ0) is 13.0. The van der Waals surface area contributed by atoms with Crippen LogP contribution in [0.1, 0.15) is 12.5 Å². The average molecular weight is 257 g/mol. The fourth-order valence-electron chi connectivity index (χ4n) is 1.91. The topological polar surface area (TPSA) is 30.5 Å². The molecule has 0 bridgehead atoms. The maximum absolute atomic E-state index is 12.2. The normalized spacial score (nSPS) is 17.6. The van der Waals surface area contributed by atoms with Crippen LogP contribution in [0.3, 0.4) is 0 Å². The lowest BCUT2D eigenvalue weighted by Gasteiger charge is -2.38. The Labute approximate surface area is 105 Å². The van der Waals surface area contributed by atoms with Gasteiger partial charge in [0.25, 0.3) is 0 Å². The van der Waals surface area contributed by atoms with Crippen LogP contribution < -0.4 is 10.1 Å². The quantitative estimate of drug-likeness (QED) is 0.849. The van der Waals surface area contributed by atoms with Crippen LogP contribution in [0.5, 0.6) is 5.75 Å². The summed E-state index contributed by atoms with van der Waals surface area (Å²) in [5.41, 5.74) is 0.903. The van der Waals surface area contributed by atoms with Crippen molar-refractivity contribution in [1.82, 2.24) is 5.32 Å². The fourth-order valence-corrected chi connectivity index (χ4v) is 1.91. The molecule has 0 amide bonds. The first kappa shape index (κ1) is 13.2. The Morgan fingerprint density at radius 1 is 1.39 bits per heavy atom. The molecule has 1 fully saturated rings. The van der Waals surface area contributed by atoms with Crippen LogP contribution in [0, 0.1) is 5.41 Å². The van der Waals surface area contributed by atoms with Crippen molar-refractivity contribution >= 4 is 0 Å². The van der Waals surface area contributed by atoms with E-state index in [-0.39, 0.29) is 11.2 Å². The lowest BCUT2D eigenvalue weighted by atomic mass is 9.89. The summed E-state index contributed by atoms with van der Waals surface area (Å²) in [7, 11) is 0. The van der Waals surface area contributed by atoms with Crippen molar-refractivity contribution in [3.63, 3.8) is 0 Å². The highest BCUT2D eigenvalue weighted by molar-refractivity contribution is 5.33. The predicted molar refractivity (Wildman–Crippen MR) is 63.7 cm³/mol. The summed E-state index contributed by atoms with van der Waals surface area (Å²) in [4.78, 5) is 0. The molecule has 0 spiro atoms. The Balaban J connectivity index is 1.88. The lowest BCUT2D eigenvalue weighted by molar-refractivity contribution is -0.0992. The standard InChI is InChI=1S/C13H17F2NO2/c1-13(8-17-9-13)7-16-6-10-4-2-3-5-11(10)18-12(14)15/h2-5,12,16H,6-9H2,1H3. The number of hydrogen-bond donors (Lipinski definition) is 1. The summed E-state index contributed by atoms with van der Waals surface area (Å²) in [6.45, 7) is 2.15. The number of benzene rings is 1. The molecule has 0 aromatic heterocycles. The van der Waals surface area contributed by atoms with E-state index in [0.29, 0.717) is 6.54 Å². The van der Waals surface area contributed by atoms with Crippen LogP contribution in [0.15, 0.2) is 24.3 Å². The van der Waals surface area contributed by atoms with Crippen molar-refractivity contribution in [1.29, 1.82) is 0 Å². The molecule has 0 unspecified atom stereocenters. The van der Waals surface area contributed by atoms with Gasteiger partial charge in [0.1, 0.15) is 5.75 Å². The Bertz CT molecular complexity index is 394. The summed E-state index contributed by atoms with van der Waals surface area (Å²) in [5.74, 6) is 0.231. The number of ether oxygens (including phenoxy) is 2. The van der Waals surface area contributed by atoms with Gasteiger partial charge in [0, 0.05) is 24.1 Å². The third kappa shape index (κ3) is 3.40. The molecule has 0 atom stereocenters. The minimum atomic E-state index is -2.79. The van der Waals surface area contributed by atoms with Crippen LogP contribution in [-0.4, -0.2) is 26.4 Å². The number of alkyl halides is 2. The minimum Gasteiger partial charge on any atom is -0.434 e. The molecule has 100 valence electrons. The summed E-state index contributed by atoms with van der Waals surface area (Å²) < 4.78 is 34.1. The van der Waals surface area contributed by atoms with E-state index in [9.17, 15) is 8.78 Å². The van der Waals surface area contributed by atoms with Crippen molar-refractivity contribution in [3.8, 4) is 5.75 Å². The summed E-state index contributed by atoms with van der Waals surface area (Å²) in [6, 6.07) is 6.83. The molecular formula is C13H17F2NO2. The summed E-state index contributed by atoms with van der Waals surface area (Å²) >= 11 is 0. The van der Waals surface area contributed by atoms with E-state index in [1.54, 1.807) is 18.2 Å². The van der Waals surface area contributed by atoms with E-state index in [1.807, 2.05) is 6.07 Å². The minimum absolute atomic E-state index is 0.165. The Morgan fingerprint density at radius 2 is 2.11 bits per heavy atom.